The monoisotopic (exact) mass is 294 g/mol. The molecule has 0 saturated heterocycles. The molecule has 0 radical (unpaired) electrons. The zero-order valence-corrected chi connectivity index (χ0v) is 11.8. The molecule has 2 aromatic rings. The Labute approximate surface area is 121 Å². The van der Waals surface area contributed by atoms with Gasteiger partial charge >= 0.3 is 6.03 Å². The van der Waals surface area contributed by atoms with Gasteiger partial charge in [-0.1, -0.05) is 0 Å². The maximum absolute atomic E-state index is 13.7. The second-order valence-corrected chi connectivity index (χ2v) is 4.55. The lowest BCUT2D eigenvalue weighted by atomic mass is 10.2. The number of nitrogens with one attached hydrogen (secondary N) is 2. The summed E-state index contributed by atoms with van der Waals surface area (Å²) in [5, 5.41) is 9.33. The number of aryl methyl sites for hydroxylation is 1. The molecule has 0 unspecified atom stereocenters. The van der Waals surface area contributed by atoms with Crippen LogP contribution in [0.2, 0.25) is 0 Å². The minimum atomic E-state index is -0.520. The standard InChI is InChI=1S/C14H16F2N4O/c1-3-17-14(21)19-13-9(2)7-18-20(13)8-10-6-11(15)4-5-12(10)16/h4-7H,3,8H2,1-2H3,(H2,17,19,21). The van der Waals surface area contributed by atoms with Gasteiger partial charge in [-0.15, -0.1) is 0 Å². The molecule has 7 heteroatoms. The molecule has 1 heterocycles. The van der Waals surface area contributed by atoms with Crippen LogP contribution in [0.25, 0.3) is 0 Å². The first-order valence-corrected chi connectivity index (χ1v) is 6.52. The van der Waals surface area contributed by atoms with Crippen molar-refractivity contribution in [2.45, 2.75) is 20.4 Å². The van der Waals surface area contributed by atoms with Crippen LogP contribution < -0.4 is 10.6 Å². The van der Waals surface area contributed by atoms with Gasteiger partial charge in [-0.05, 0) is 32.0 Å². The van der Waals surface area contributed by atoms with E-state index >= 15 is 0 Å². The van der Waals surface area contributed by atoms with E-state index in [-0.39, 0.29) is 18.1 Å². The number of hydrogen-bond donors (Lipinski definition) is 2. The molecule has 0 atom stereocenters. The van der Waals surface area contributed by atoms with Crippen LogP contribution in [-0.4, -0.2) is 22.4 Å². The second-order valence-electron chi connectivity index (χ2n) is 4.55. The van der Waals surface area contributed by atoms with Crippen LogP contribution in [0.3, 0.4) is 0 Å². The summed E-state index contributed by atoms with van der Waals surface area (Å²) in [7, 11) is 0. The zero-order chi connectivity index (χ0) is 15.4. The third-order valence-corrected chi connectivity index (χ3v) is 2.92. The average Bonchev–Trinajstić information content (AvgIpc) is 2.76. The van der Waals surface area contributed by atoms with E-state index in [0.29, 0.717) is 12.4 Å². The van der Waals surface area contributed by atoms with Gasteiger partial charge in [-0.3, -0.25) is 5.32 Å². The molecule has 2 N–H and O–H groups in total. The molecule has 0 bridgehead atoms. The summed E-state index contributed by atoms with van der Waals surface area (Å²) in [4.78, 5) is 11.6. The van der Waals surface area contributed by atoms with Crippen LogP contribution in [0.4, 0.5) is 19.4 Å². The Morgan fingerprint density at radius 2 is 2.14 bits per heavy atom. The highest BCUT2D eigenvalue weighted by Gasteiger charge is 2.13. The molecular formula is C14H16F2N4O. The van der Waals surface area contributed by atoms with E-state index in [1.807, 2.05) is 0 Å². The summed E-state index contributed by atoms with van der Waals surface area (Å²) < 4.78 is 28.3. The number of nitrogens with zero attached hydrogens (tertiary/aromatic N) is 2. The maximum atomic E-state index is 13.7. The lowest BCUT2D eigenvalue weighted by molar-refractivity contribution is 0.252. The van der Waals surface area contributed by atoms with Crippen molar-refractivity contribution < 1.29 is 13.6 Å². The Morgan fingerprint density at radius 1 is 1.38 bits per heavy atom. The van der Waals surface area contributed by atoms with E-state index in [0.717, 1.165) is 23.8 Å². The highest BCUT2D eigenvalue weighted by molar-refractivity contribution is 5.88. The van der Waals surface area contributed by atoms with E-state index < -0.39 is 11.6 Å². The SMILES string of the molecule is CCNC(=O)Nc1c(C)cnn1Cc1cc(F)ccc1F. The van der Waals surface area contributed by atoms with E-state index in [9.17, 15) is 13.6 Å². The molecular weight excluding hydrogens is 278 g/mol. The first-order valence-electron chi connectivity index (χ1n) is 6.52. The van der Waals surface area contributed by atoms with Gasteiger partial charge in [0.05, 0.1) is 12.7 Å². The predicted octanol–water partition coefficient (Wildman–Crippen LogP) is 2.66. The van der Waals surface area contributed by atoms with Crippen LogP contribution in [0, 0.1) is 18.6 Å². The van der Waals surface area contributed by atoms with Gasteiger partial charge < -0.3 is 5.32 Å². The van der Waals surface area contributed by atoms with Crippen LogP contribution in [-0.2, 0) is 6.54 Å². The van der Waals surface area contributed by atoms with Gasteiger partial charge in [0.25, 0.3) is 0 Å². The lowest BCUT2D eigenvalue weighted by Gasteiger charge is -2.11. The molecule has 2 amide bonds. The molecule has 112 valence electrons. The number of carbonyl (C=O) groups is 1. The van der Waals surface area contributed by atoms with Crippen LogP contribution in [0.1, 0.15) is 18.1 Å². The Balaban J connectivity index is 2.24. The lowest BCUT2D eigenvalue weighted by Crippen LogP contribution is -2.29. The summed E-state index contributed by atoms with van der Waals surface area (Å²) in [6, 6.07) is 2.86. The van der Waals surface area contributed by atoms with Crippen LogP contribution in [0.5, 0.6) is 0 Å². The van der Waals surface area contributed by atoms with Crippen molar-refractivity contribution in [2.75, 3.05) is 11.9 Å². The number of aromatic nitrogens is 2. The maximum Gasteiger partial charge on any atom is 0.320 e. The number of halogens is 2. The fourth-order valence-electron chi connectivity index (χ4n) is 1.90. The van der Waals surface area contributed by atoms with E-state index in [2.05, 4.69) is 15.7 Å². The predicted molar refractivity (Wildman–Crippen MR) is 75.1 cm³/mol. The fourth-order valence-corrected chi connectivity index (χ4v) is 1.90. The van der Waals surface area contributed by atoms with Crippen molar-refractivity contribution in [3.63, 3.8) is 0 Å². The quantitative estimate of drug-likeness (QED) is 0.910. The molecule has 1 aromatic carbocycles. The van der Waals surface area contributed by atoms with Crippen molar-refractivity contribution in [1.29, 1.82) is 0 Å². The highest BCUT2D eigenvalue weighted by Crippen LogP contribution is 2.18. The van der Waals surface area contributed by atoms with Crippen molar-refractivity contribution in [1.82, 2.24) is 15.1 Å². The van der Waals surface area contributed by atoms with Crippen molar-refractivity contribution in [2.24, 2.45) is 0 Å². The number of benzene rings is 1. The van der Waals surface area contributed by atoms with Gasteiger partial charge in [-0.25, -0.2) is 18.3 Å². The summed E-state index contributed by atoms with van der Waals surface area (Å²) >= 11 is 0. The summed E-state index contributed by atoms with van der Waals surface area (Å²) in [5.74, 6) is -0.591. The Bertz CT molecular complexity index is 654. The number of amides is 2. The fraction of sp³-hybridized carbons (Fsp3) is 0.286. The van der Waals surface area contributed by atoms with E-state index in [1.165, 1.54) is 4.68 Å². The van der Waals surface area contributed by atoms with Gasteiger partial charge in [0.15, 0.2) is 0 Å². The topological polar surface area (TPSA) is 59.0 Å². The van der Waals surface area contributed by atoms with Gasteiger partial charge in [0.2, 0.25) is 0 Å². The molecule has 0 aliphatic rings. The number of hydrogen-bond acceptors (Lipinski definition) is 2. The molecule has 0 aliphatic carbocycles. The molecule has 5 nitrogen and oxygen atoms in total. The Morgan fingerprint density at radius 3 is 2.86 bits per heavy atom. The van der Waals surface area contributed by atoms with E-state index in [1.54, 1.807) is 20.0 Å². The first-order chi connectivity index (χ1) is 10.0. The molecule has 0 spiro atoms. The van der Waals surface area contributed by atoms with E-state index in [4.69, 9.17) is 0 Å². The largest absolute Gasteiger partial charge is 0.338 e. The van der Waals surface area contributed by atoms with Crippen LogP contribution >= 0.6 is 0 Å². The average molecular weight is 294 g/mol. The summed E-state index contributed by atoms with van der Waals surface area (Å²) in [6.07, 6.45) is 1.55. The number of urea groups is 1. The molecule has 0 saturated carbocycles. The second kappa shape index (κ2) is 6.34. The Hall–Kier alpha value is -2.44. The molecule has 0 fully saturated rings. The third kappa shape index (κ3) is 3.56. The zero-order valence-electron chi connectivity index (χ0n) is 11.8. The number of rotatable bonds is 4. The molecule has 21 heavy (non-hydrogen) atoms. The minimum absolute atomic E-state index is 0.0270. The van der Waals surface area contributed by atoms with Gasteiger partial charge in [0.1, 0.15) is 17.5 Å². The third-order valence-electron chi connectivity index (χ3n) is 2.92. The normalized spacial score (nSPS) is 10.5. The Kier molecular flexibility index (Phi) is 4.52. The van der Waals surface area contributed by atoms with Crippen LogP contribution in [0.15, 0.2) is 24.4 Å². The smallest absolute Gasteiger partial charge is 0.320 e. The number of carbonyl (C=O) groups excluding carboxylic acids is 1. The first kappa shape index (κ1) is 15.0. The van der Waals surface area contributed by atoms with Gasteiger partial charge in [0, 0.05) is 17.7 Å². The van der Waals surface area contributed by atoms with Crippen molar-refractivity contribution >= 4 is 11.8 Å². The molecule has 0 aliphatic heterocycles. The molecule has 2 rings (SSSR count). The minimum Gasteiger partial charge on any atom is -0.338 e. The van der Waals surface area contributed by atoms with Crippen molar-refractivity contribution in [3.05, 3.63) is 47.2 Å². The number of anilines is 1. The van der Waals surface area contributed by atoms with Crippen molar-refractivity contribution in [3.8, 4) is 0 Å². The molecule has 1 aromatic heterocycles. The van der Waals surface area contributed by atoms with Gasteiger partial charge in [-0.2, -0.15) is 5.10 Å². The highest BCUT2D eigenvalue weighted by atomic mass is 19.1. The summed E-state index contributed by atoms with van der Waals surface area (Å²) in [6.45, 7) is 4.08. The summed E-state index contributed by atoms with van der Waals surface area (Å²) in [5.41, 5.74) is 0.898.